The van der Waals surface area contributed by atoms with Crippen LogP contribution in [0.5, 0.6) is 0 Å². The van der Waals surface area contributed by atoms with E-state index >= 15 is 0 Å². The standard InChI is InChI=1S/C16H12ClNO/c1-11-2-8-15-14(10-11)18-16(19-15)9-5-12-3-6-13(17)7-4-12/h2-10H,1H3/b9-5-. The maximum absolute atomic E-state index is 5.84. The van der Waals surface area contributed by atoms with Crippen LogP contribution in [-0.4, -0.2) is 4.98 Å². The molecule has 19 heavy (non-hydrogen) atoms. The van der Waals surface area contributed by atoms with Crippen molar-refractivity contribution >= 4 is 34.9 Å². The third kappa shape index (κ3) is 2.69. The lowest BCUT2D eigenvalue weighted by atomic mass is 10.2. The van der Waals surface area contributed by atoms with Gasteiger partial charge in [-0.1, -0.05) is 29.8 Å². The summed E-state index contributed by atoms with van der Waals surface area (Å²) in [6.07, 6.45) is 3.81. The van der Waals surface area contributed by atoms with Crippen LogP contribution in [0.25, 0.3) is 23.3 Å². The highest BCUT2D eigenvalue weighted by Gasteiger charge is 2.02. The molecule has 94 valence electrons. The number of benzene rings is 2. The molecule has 3 aromatic rings. The van der Waals surface area contributed by atoms with Gasteiger partial charge in [0, 0.05) is 11.1 Å². The van der Waals surface area contributed by atoms with Crippen molar-refractivity contribution in [1.82, 2.24) is 4.98 Å². The van der Waals surface area contributed by atoms with Crippen LogP contribution in [0.3, 0.4) is 0 Å². The maximum Gasteiger partial charge on any atom is 0.220 e. The Morgan fingerprint density at radius 2 is 1.84 bits per heavy atom. The quantitative estimate of drug-likeness (QED) is 0.657. The highest BCUT2D eigenvalue weighted by molar-refractivity contribution is 6.30. The zero-order valence-corrected chi connectivity index (χ0v) is 11.2. The predicted octanol–water partition coefficient (Wildman–Crippen LogP) is 4.96. The summed E-state index contributed by atoms with van der Waals surface area (Å²) in [6.45, 7) is 2.04. The average Bonchev–Trinajstić information content (AvgIpc) is 2.80. The number of halogens is 1. The second-order valence-corrected chi connectivity index (χ2v) is 4.84. The van der Waals surface area contributed by atoms with Crippen molar-refractivity contribution in [3.05, 3.63) is 64.5 Å². The van der Waals surface area contributed by atoms with Gasteiger partial charge in [-0.15, -0.1) is 0 Å². The van der Waals surface area contributed by atoms with Crippen LogP contribution < -0.4 is 0 Å². The molecule has 0 amide bonds. The Morgan fingerprint density at radius 3 is 2.63 bits per heavy atom. The van der Waals surface area contributed by atoms with Crippen molar-refractivity contribution in [2.75, 3.05) is 0 Å². The van der Waals surface area contributed by atoms with Crippen LogP contribution in [-0.2, 0) is 0 Å². The van der Waals surface area contributed by atoms with E-state index in [0.717, 1.165) is 21.7 Å². The summed E-state index contributed by atoms with van der Waals surface area (Å²) >= 11 is 5.84. The molecule has 0 saturated heterocycles. The van der Waals surface area contributed by atoms with Crippen LogP contribution in [0.2, 0.25) is 5.02 Å². The predicted molar refractivity (Wildman–Crippen MR) is 79.1 cm³/mol. The monoisotopic (exact) mass is 269 g/mol. The molecule has 2 aromatic carbocycles. The Bertz CT molecular complexity index is 741. The first-order valence-corrected chi connectivity index (χ1v) is 6.39. The van der Waals surface area contributed by atoms with E-state index in [0.29, 0.717) is 5.89 Å². The molecule has 0 N–H and O–H groups in total. The molecule has 3 rings (SSSR count). The number of oxazole rings is 1. The van der Waals surface area contributed by atoms with Crippen LogP contribution in [0.1, 0.15) is 17.0 Å². The van der Waals surface area contributed by atoms with E-state index in [1.165, 1.54) is 5.56 Å². The number of rotatable bonds is 2. The van der Waals surface area contributed by atoms with Crippen LogP contribution in [0, 0.1) is 6.92 Å². The van der Waals surface area contributed by atoms with E-state index in [-0.39, 0.29) is 0 Å². The molecule has 0 aliphatic carbocycles. The minimum Gasteiger partial charge on any atom is -0.437 e. The first-order valence-electron chi connectivity index (χ1n) is 6.01. The van der Waals surface area contributed by atoms with Crippen molar-refractivity contribution in [1.29, 1.82) is 0 Å². The molecule has 0 atom stereocenters. The Labute approximate surface area is 116 Å². The Balaban J connectivity index is 1.90. The molecule has 0 saturated carbocycles. The normalized spacial score (nSPS) is 11.5. The largest absolute Gasteiger partial charge is 0.437 e. The van der Waals surface area contributed by atoms with Gasteiger partial charge in [-0.2, -0.15) is 0 Å². The summed E-state index contributed by atoms with van der Waals surface area (Å²) in [5.41, 5.74) is 3.92. The van der Waals surface area contributed by atoms with Crippen molar-refractivity contribution in [3.63, 3.8) is 0 Å². The minimum absolute atomic E-state index is 0.607. The molecule has 0 radical (unpaired) electrons. The Morgan fingerprint density at radius 1 is 1.05 bits per heavy atom. The third-order valence-electron chi connectivity index (χ3n) is 2.85. The van der Waals surface area contributed by atoms with Crippen LogP contribution >= 0.6 is 11.6 Å². The van der Waals surface area contributed by atoms with Gasteiger partial charge in [-0.3, -0.25) is 0 Å². The van der Waals surface area contributed by atoms with Gasteiger partial charge in [0.15, 0.2) is 5.58 Å². The minimum atomic E-state index is 0.607. The zero-order valence-electron chi connectivity index (χ0n) is 10.4. The molecule has 0 bridgehead atoms. The van der Waals surface area contributed by atoms with E-state index in [2.05, 4.69) is 4.98 Å². The van der Waals surface area contributed by atoms with Crippen LogP contribution in [0.4, 0.5) is 0 Å². The number of hydrogen-bond acceptors (Lipinski definition) is 2. The lowest BCUT2D eigenvalue weighted by Gasteiger charge is -1.92. The van der Waals surface area contributed by atoms with Crippen molar-refractivity contribution in [2.24, 2.45) is 0 Å². The second-order valence-electron chi connectivity index (χ2n) is 4.41. The summed E-state index contributed by atoms with van der Waals surface area (Å²) in [6, 6.07) is 13.6. The van der Waals surface area contributed by atoms with Crippen molar-refractivity contribution < 1.29 is 4.42 Å². The molecule has 0 aliphatic rings. The van der Waals surface area contributed by atoms with Gasteiger partial charge in [0.05, 0.1) is 0 Å². The zero-order chi connectivity index (χ0) is 13.2. The molecule has 1 aromatic heterocycles. The fourth-order valence-corrected chi connectivity index (χ4v) is 1.99. The van der Waals surface area contributed by atoms with E-state index in [4.69, 9.17) is 16.0 Å². The molecule has 2 nitrogen and oxygen atoms in total. The summed E-state index contributed by atoms with van der Waals surface area (Å²) in [5.74, 6) is 0.607. The topological polar surface area (TPSA) is 26.0 Å². The molecule has 0 aliphatic heterocycles. The third-order valence-corrected chi connectivity index (χ3v) is 3.10. The summed E-state index contributed by atoms with van der Waals surface area (Å²) in [7, 11) is 0. The smallest absolute Gasteiger partial charge is 0.220 e. The maximum atomic E-state index is 5.84. The van der Waals surface area contributed by atoms with E-state index in [9.17, 15) is 0 Å². The summed E-state index contributed by atoms with van der Waals surface area (Å²) < 4.78 is 5.64. The number of fused-ring (bicyclic) bond motifs is 1. The Hall–Kier alpha value is -2.06. The van der Waals surface area contributed by atoms with E-state index in [1.807, 2.05) is 61.5 Å². The van der Waals surface area contributed by atoms with Gasteiger partial charge in [0.25, 0.3) is 0 Å². The first kappa shape index (κ1) is 12.0. The molecular formula is C16H12ClNO. The molecule has 3 heteroatoms. The number of nitrogens with zero attached hydrogens (tertiary/aromatic N) is 1. The van der Waals surface area contributed by atoms with Crippen molar-refractivity contribution in [2.45, 2.75) is 6.92 Å². The number of hydrogen-bond donors (Lipinski definition) is 0. The van der Waals surface area contributed by atoms with Gasteiger partial charge in [-0.05, 0) is 48.4 Å². The first-order chi connectivity index (χ1) is 9.20. The Kier molecular flexibility index (Phi) is 3.10. The highest BCUT2D eigenvalue weighted by Crippen LogP contribution is 2.18. The number of aromatic nitrogens is 1. The number of aryl methyl sites for hydroxylation is 1. The fourth-order valence-electron chi connectivity index (χ4n) is 1.87. The molecule has 0 spiro atoms. The van der Waals surface area contributed by atoms with Crippen LogP contribution in [0.15, 0.2) is 46.9 Å². The van der Waals surface area contributed by atoms with Gasteiger partial charge >= 0.3 is 0 Å². The van der Waals surface area contributed by atoms with Gasteiger partial charge < -0.3 is 4.42 Å². The molecule has 0 fully saturated rings. The molecular weight excluding hydrogens is 258 g/mol. The van der Waals surface area contributed by atoms with E-state index < -0.39 is 0 Å². The SMILES string of the molecule is Cc1ccc2oc(/C=C\c3ccc(Cl)cc3)nc2c1. The van der Waals surface area contributed by atoms with Gasteiger partial charge in [-0.25, -0.2) is 4.98 Å². The fraction of sp³-hybridized carbons (Fsp3) is 0.0625. The van der Waals surface area contributed by atoms with E-state index in [1.54, 1.807) is 0 Å². The molecule has 0 unspecified atom stereocenters. The lowest BCUT2D eigenvalue weighted by Crippen LogP contribution is -1.73. The average molecular weight is 270 g/mol. The highest BCUT2D eigenvalue weighted by atomic mass is 35.5. The van der Waals surface area contributed by atoms with Gasteiger partial charge in [0.1, 0.15) is 5.52 Å². The summed E-state index contributed by atoms with van der Waals surface area (Å²) in [4.78, 5) is 4.43. The lowest BCUT2D eigenvalue weighted by molar-refractivity contribution is 0.589. The molecule has 1 heterocycles. The summed E-state index contributed by atoms with van der Waals surface area (Å²) in [5, 5.41) is 0.731. The van der Waals surface area contributed by atoms with Gasteiger partial charge in [0.2, 0.25) is 5.89 Å². The second kappa shape index (κ2) is 4.90. The van der Waals surface area contributed by atoms with Crippen molar-refractivity contribution in [3.8, 4) is 0 Å².